The summed E-state index contributed by atoms with van der Waals surface area (Å²) in [5.41, 5.74) is 4.95. The van der Waals surface area contributed by atoms with E-state index in [2.05, 4.69) is 16.2 Å². The molecule has 0 aliphatic heterocycles. The maximum Gasteiger partial charge on any atom is 0.269 e. The monoisotopic (exact) mass is 311 g/mol. The van der Waals surface area contributed by atoms with Crippen molar-refractivity contribution < 1.29 is 14.4 Å². The fourth-order valence-electron chi connectivity index (χ4n) is 1.62. The number of amides is 3. The summed E-state index contributed by atoms with van der Waals surface area (Å²) in [6, 6.07) is 5.52. The third kappa shape index (κ3) is 5.43. The van der Waals surface area contributed by atoms with Gasteiger partial charge in [-0.2, -0.15) is 0 Å². The van der Waals surface area contributed by atoms with E-state index in [1.807, 2.05) is 0 Å². The highest BCUT2D eigenvalue weighted by molar-refractivity contribution is 6.30. The van der Waals surface area contributed by atoms with Gasteiger partial charge in [0.05, 0.1) is 0 Å². The summed E-state index contributed by atoms with van der Waals surface area (Å²) in [6.45, 7) is 4.91. The number of carbonyl (C=O) groups is 3. The van der Waals surface area contributed by atoms with Crippen LogP contribution in [0, 0.1) is 5.92 Å². The topological polar surface area (TPSA) is 87.3 Å². The van der Waals surface area contributed by atoms with Gasteiger partial charge in [-0.1, -0.05) is 25.4 Å². The van der Waals surface area contributed by atoms with Crippen LogP contribution in [0.15, 0.2) is 24.3 Å². The fraction of sp³-hybridized carbons (Fsp3) is 0.357. The average molecular weight is 312 g/mol. The fourth-order valence-corrected chi connectivity index (χ4v) is 1.75. The summed E-state index contributed by atoms with van der Waals surface area (Å²) in [5, 5.41) is 3.05. The minimum atomic E-state index is -0.715. The van der Waals surface area contributed by atoms with E-state index in [9.17, 15) is 14.4 Å². The number of benzene rings is 1. The number of carbonyl (C=O) groups excluding carboxylic acids is 3. The van der Waals surface area contributed by atoms with E-state index in [1.165, 1.54) is 19.1 Å². The number of rotatable bonds is 4. The number of nitrogens with one attached hydrogen (secondary N) is 3. The SMILES string of the molecule is CC(=O)N[C@H](C(=O)NNC(=O)c1ccc(Cl)cc1)C(C)C. The van der Waals surface area contributed by atoms with Crippen molar-refractivity contribution in [3.05, 3.63) is 34.9 Å². The number of halogens is 1. The molecule has 0 saturated heterocycles. The van der Waals surface area contributed by atoms with E-state index in [1.54, 1.807) is 26.0 Å². The molecule has 114 valence electrons. The molecule has 1 aromatic carbocycles. The molecule has 1 rings (SSSR count). The van der Waals surface area contributed by atoms with Gasteiger partial charge in [-0.05, 0) is 30.2 Å². The van der Waals surface area contributed by atoms with E-state index in [4.69, 9.17) is 11.6 Å². The molecule has 0 fully saturated rings. The molecule has 0 bridgehead atoms. The molecule has 3 N–H and O–H groups in total. The third-order valence-corrected chi connectivity index (χ3v) is 2.97. The largest absolute Gasteiger partial charge is 0.344 e. The summed E-state index contributed by atoms with van der Waals surface area (Å²) in [7, 11) is 0. The van der Waals surface area contributed by atoms with Crippen molar-refractivity contribution in [2.75, 3.05) is 0 Å². The van der Waals surface area contributed by atoms with E-state index in [-0.39, 0.29) is 11.8 Å². The van der Waals surface area contributed by atoms with Gasteiger partial charge >= 0.3 is 0 Å². The Labute approximate surface area is 128 Å². The minimum absolute atomic E-state index is 0.110. The average Bonchev–Trinajstić information content (AvgIpc) is 2.42. The molecule has 0 aliphatic rings. The van der Waals surface area contributed by atoms with Crippen LogP contribution in [0.4, 0.5) is 0 Å². The summed E-state index contributed by atoms with van der Waals surface area (Å²) >= 11 is 5.73. The molecule has 21 heavy (non-hydrogen) atoms. The van der Waals surface area contributed by atoms with Crippen LogP contribution < -0.4 is 16.2 Å². The first-order chi connectivity index (χ1) is 9.81. The van der Waals surface area contributed by atoms with Gasteiger partial charge < -0.3 is 5.32 Å². The number of hydrogen-bond acceptors (Lipinski definition) is 3. The van der Waals surface area contributed by atoms with Crippen molar-refractivity contribution >= 4 is 29.3 Å². The van der Waals surface area contributed by atoms with Gasteiger partial charge in [-0.3, -0.25) is 25.2 Å². The van der Waals surface area contributed by atoms with Crippen molar-refractivity contribution in [1.29, 1.82) is 0 Å². The summed E-state index contributed by atoms with van der Waals surface area (Å²) in [5.74, 6) is -1.37. The molecule has 0 heterocycles. The second-order valence-electron chi connectivity index (χ2n) is 4.87. The van der Waals surface area contributed by atoms with Crippen LogP contribution in [0.2, 0.25) is 5.02 Å². The Hall–Kier alpha value is -2.08. The van der Waals surface area contributed by atoms with Gasteiger partial charge in [-0.15, -0.1) is 0 Å². The van der Waals surface area contributed by atoms with Crippen LogP contribution in [-0.2, 0) is 9.59 Å². The third-order valence-electron chi connectivity index (χ3n) is 2.71. The lowest BCUT2D eigenvalue weighted by molar-refractivity contribution is -0.129. The summed E-state index contributed by atoms with van der Waals surface area (Å²) in [4.78, 5) is 34.8. The van der Waals surface area contributed by atoms with Crippen molar-refractivity contribution in [1.82, 2.24) is 16.2 Å². The molecule has 7 heteroatoms. The highest BCUT2D eigenvalue weighted by Gasteiger charge is 2.23. The molecule has 0 unspecified atom stereocenters. The maximum atomic E-state index is 11.9. The Kier molecular flexibility index (Phi) is 6.17. The minimum Gasteiger partial charge on any atom is -0.344 e. The Bertz CT molecular complexity index is 529. The second kappa shape index (κ2) is 7.64. The smallest absolute Gasteiger partial charge is 0.269 e. The molecule has 0 aromatic heterocycles. The van der Waals surface area contributed by atoms with E-state index >= 15 is 0 Å². The van der Waals surface area contributed by atoms with E-state index < -0.39 is 17.9 Å². The quantitative estimate of drug-likeness (QED) is 0.732. The lowest BCUT2D eigenvalue weighted by Crippen LogP contribution is -2.54. The first-order valence-electron chi connectivity index (χ1n) is 6.44. The van der Waals surface area contributed by atoms with Crippen molar-refractivity contribution in [2.24, 2.45) is 5.92 Å². The lowest BCUT2D eigenvalue weighted by atomic mass is 10.0. The van der Waals surface area contributed by atoms with Gasteiger partial charge in [-0.25, -0.2) is 0 Å². The molecule has 1 aromatic rings. The number of hydrazine groups is 1. The van der Waals surface area contributed by atoms with Crippen LogP contribution in [-0.4, -0.2) is 23.8 Å². The highest BCUT2D eigenvalue weighted by atomic mass is 35.5. The maximum absolute atomic E-state index is 11.9. The Balaban J connectivity index is 2.60. The molecule has 0 saturated carbocycles. The van der Waals surface area contributed by atoms with Gasteiger partial charge in [0.15, 0.2) is 0 Å². The normalized spacial score (nSPS) is 11.7. The Morgan fingerprint density at radius 1 is 1.05 bits per heavy atom. The van der Waals surface area contributed by atoms with Crippen LogP contribution in [0.5, 0.6) is 0 Å². The van der Waals surface area contributed by atoms with Crippen LogP contribution >= 0.6 is 11.6 Å². The van der Waals surface area contributed by atoms with Gasteiger partial charge in [0, 0.05) is 17.5 Å². The molecule has 6 nitrogen and oxygen atoms in total. The zero-order chi connectivity index (χ0) is 16.0. The summed E-state index contributed by atoms with van der Waals surface area (Å²) < 4.78 is 0. The summed E-state index contributed by atoms with van der Waals surface area (Å²) in [6.07, 6.45) is 0. The molecule has 3 amide bonds. The lowest BCUT2D eigenvalue weighted by Gasteiger charge is -2.21. The van der Waals surface area contributed by atoms with Gasteiger partial charge in [0.1, 0.15) is 6.04 Å². The zero-order valence-corrected chi connectivity index (χ0v) is 12.8. The first kappa shape index (κ1) is 17.0. The van der Waals surface area contributed by atoms with Crippen molar-refractivity contribution in [2.45, 2.75) is 26.8 Å². The predicted molar refractivity (Wildman–Crippen MR) is 79.5 cm³/mol. The second-order valence-corrected chi connectivity index (χ2v) is 5.31. The van der Waals surface area contributed by atoms with Crippen LogP contribution in [0.3, 0.4) is 0 Å². The molecular formula is C14H18ClN3O3. The highest BCUT2D eigenvalue weighted by Crippen LogP contribution is 2.09. The van der Waals surface area contributed by atoms with Crippen LogP contribution in [0.25, 0.3) is 0 Å². The van der Waals surface area contributed by atoms with Crippen molar-refractivity contribution in [3.63, 3.8) is 0 Å². The molecular weight excluding hydrogens is 294 g/mol. The molecule has 0 aliphatic carbocycles. The Morgan fingerprint density at radius 2 is 1.62 bits per heavy atom. The van der Waals surface area contributed by atoms with E-state index in [0.29, 0.717) is 10.6 Å². The molecule has 0 radical (unpaired) electrons. The van der Waals surface area contributed by atoms with E-state index in [0.717, 1.165) is 0 Å². The van der Waals surface area contributed by atoms with Gasteiger partial charge in [0.2, 0.25) is 5.91 Å². The van der Waals surface area contributed by atoms with Gasteiger partial charge in [0.25, 0.3) is 11.8 Å². The predicted octanol–water partition coefficient (Wildman–Crippen LogP) is 1.26. The first-order valence-corrected chi connectivity index (χ1v) is 6.82. The standard InChI is InChI=1S/C14H18ClN3O3/c1-8(2)12(16-9(3)19)14(21)18-17-13(20)10-4-6-11(15)7-5-10/h4-8,12H,1-3H3,(H,16,19)(H,17,20)(H,18,21)/t12-/m0/s1. The molecule has 1 atom stereocenters. The van der Waals surface area contributed by atoms with Crippen molar-refractivity contribution in [3.8, 4) is 0 Å². The number of hydrogen-bond donors (Lipinski definition) is 3. The van der Waals surface area contributed by atoms with Crippen LogP contribution in [0.1, 0.15) is 31.1 Å². The zero-order valence-electron chi connectivity index (χ0n) is 12.1. The molecule has 0 spiro atoms. The Morgan fingerprint density at radius 3 is 2.10 bits per heavy atom.